The normalized spacial score (nSPS) is 27.2. The van der Waals surface area contributed by atoms with Crippen molar-refractivity contribution in [2.75, 3.05) is 0 Å². The molecule has 21 heavy (non-hydrogen) atoms. The van der Waals surface area contributed by atoms with Crippen LogP contribution in [0.4, 0.5) is 4.39 Å². The molecule has 0 bridgehead atoms. The number of carbonyl (C=O) groups excluding carboxylic acids is 1. The molecule has 5 heteroatoms. The topological polar surface area (TPSA) is 55.1 Å². The van der Waals surface area contributed by atoms with Gasteiger partial charge in [-0.2, -0.15) is 0 Å². The van der Waals surface area contributed by atoms with Crippen molar-refractivity contribution in [1.82, 2.24) is 5.32 Å². The molecule has 1 aromatic rings. The summed E-state index contributed by atoms with van der Waals surface area (Å²) in [5.41, 5.74) is 6.50. The molecular weight excluding hydrogens is 291 g/mol. The van der Waals surface area contributed by atoms with Crippen LogP contribution in [0, 0.1) is 11.7 Å². The van der Waals surface area contributed by atoms with Gasteiger partial charge in [-0.25, -0.2) is 4.39 Å². The Hall–Kier alpha value is -1.13. The van der Waals surface area contributed by atoms with Crippen LogP contribution in [0.25, 0.3) is 0 Å². The summed E-state index contributed by atoms with van der Waals surface area (Å²) in [6.45, 7) is 3.78. The summed E-state index contributed by atoms with van der Waals surface area (Å²) < 4.78 is 13.1. The smallest absolute Gasteiger partial charge is 0.225 e. The van der Waals surface area contributed by atoms with E-state index in [1.165, 1.54) is 12.1 Å². The van der Waals surface area contributed by atoms with Gasteiger partial charge in [-0.05, 0) is 44.4 Å². The van der Waals surface area contributed by atoms with E-state index in [1.807, 2.05) is 13.8 Å². The fraction of sp³-hybridized carbons (Fsp3) is 0.562. The quantitative estimate of drug-likeness (QED) is 0.896. The fourth-order valence-electron chi connectivity index (χ4n) is 3.03. The minimum Gasteiger partial charge on any atom is -0.349 e. The van der Waals surface area contributed by atoms with Crippen LogP contribution in [0.3, 0.4) is 0 Å². The zero-order valence-electron chi connectivity index (χ0n) is 12.5. The summed E-state index contributed by atoms with van der Waals surface area (Å²) >= 11 is 6.03. The third kappa shape index (κ3) is 3.74. The van der Waals surface area contributed by atoms with Crippen LogP contribution in [-0.2, 0) is 4.79 Å². The number of halogens is 2. The van der Waals surface area contributed by atoms with Crippen LogP contribution >= 0.6 is 11.6 Å². The molecule has 0 saturated heterocycles. The Labute approximate surface area is 130 Å². The number of benzene rings is 1. The monoisotopic (exact) mass is 312 g/mol. The van der Waals surface area contributed by atoms with Crippen molar-refractivity contribution in [2.45, 2.75) is 51.1 Å². The predicted molar refractivity (Wildman–Crippen MR) is 82.5 cm³/mol. The number of rotatable bonds is 3. The van der Waals surface area contributed by atoms with Gasteiger partial charge in [-0.1, -0.05) is 30.5 Å². The Bertz CT molecular complexity index is 533. The first-order valence-electron chi connectivity index (χ1n) is 7.35. The Morgan fingerprint density at radius 1 is 1.52 bits per heavy atom. The summed E-state index contributed by atoms with van der Waals surface area (Å²) in [5.74, 6) is -0.621. The third-order valence-electron chi connectivity index (χ3n) is 4.36. The lowest BCUT2D eigenvalue weighted by atomic mass is 9.74. The third-order valence-corrected chi connectivity index (χ3v) is 4.69. The summed E-state index contributed by atoms with van der Waals surface area (Å²) in [4.78, 5) is 12.5. The molecule has 1 fully saturated rings. The molecule has 1 aliphatic rings. The molecule has 3 atom stereocenters. The van der Waals surface area contributed by atoms with Crippen molar-refractivity contribution in [3.8, 4) is 0 Å². The Kier molecular flexibility index (Phi) is 4.89. The largest absolute Gasteiger partial charge is 0.349 e. The number of carbonyl (C=O) groups is 1. The summed E-state index contributed by atoms with van der Waals surface area (Å²) in [6.07, 6.45) is 3.76. The lowest BCUT2D eigenvalue weighted by molar-refractivity contribution is -0.128. The molecule has 2 rings (SSSR count). The number of hydrogen-bond acceptors (Lipinski definition) is 2. The average Bonchev–Trinajstić information content (AvgIpc) is 2.37. The van der Waals surface area contributed by atoms with Gasteiger partial charge in [0.1, 0.15) is 5.82 Å². The summed E-state index contributed by atoms with van der Waals surface area (Å²) in [5, 5.41) is 3.28. The number of amides is 1. The van der Waals surface area contributed by atoms with Gasteiger partial charge >= 0.3 is 0 Å². The van der Waals surface area contributed by atoms with E-state index < -0.39 is 5.54 Å². The molecule has 1 aromatic carbocycles. The van der Waals surface area contributed by atoms with Gasteiger partial charge in [0.05, 0.1) is 12.0 Å². The maximum Gasteiger partial charge on any atom is 0.225 e. The van der Waals surface area contributed by atoms with Crippen LogP contribution in [0.5, 0.6) is 0 Å². The maximum absolute atomic E-state index is 13.1. The number of nitrogens with one attached hydrogen (secondary N) is 1. The van der Waals surface area contributed by atoms with E-state index in [0.29, 0.717) is 10.6 Å². The molecule has 1 saturated carbocycles. The highest BCUT2D eigenvalue weighted by Crippen LogP contribution is 2.32. The first kappa shape index (κ1) is 16.2. The van der Waals surface area contributed by atoms with E-state index in [1.54, 1.807) is 6.07 Å². The molecule has 1 amide bonds. The maximum atomic E-state index is 13.1. The molecule has 3 N–H and O–H groups in total. The minimum atomic E-state index is -0.464. The van der Waals surface area contributed by atoms with E-state index in [2.05, 4.69) is 5.32 Å². The van der Waals surface area contributed by atoms with Crippen molar-refractivity contribution >= 4 is 17.5 Å². The highest BCUT2D eigenvalue weighted by atomic mass is 35.5. The standard InChI is InChI=1S/C16H22ClFN2O/c1-10(12-7-6-11(18)9-14(12)17)20-15(21)13-5-3-4-8-16(13,2)19/h6-7,9-10,13H,3-5,8,19H2,1-2H3,(H,20,21). The van der Waals surface area contributed by atoms with E-state index in [9.17, 15) is 9.18 Å². The van der Waals surface area contributed by atoms with Crippen molar-refractivity contribution < 1.29 is 9.18 Å². The Balaban J connectivity index is 2.08. The van der Waals surface area contributed by atoms with Gasteiger partial charge in [0.25, 0.3) is 0 Å². The van der Waals surface area contributed by atoms with Crippen LogP contribution < -0.4 is 11.1 Å². The Morgan fingerprint density at radius 3 is 2.86 bits per heavy atom. The predicted octanol–water partition coefficient (Wildman–Crippen LogP) is 3.56. The van der Waals surface area contributed by atoms with Crippen LogP contribution in [0.15, 0.2) is 18.2 Å². The molecule has 3 unspecified atom stereocenters. The van der Waals surface area contributed by atoms with Crippen LogP contribution in [-0.4, -0.2) is 11.4 Å². The molecule has 0 spiro atoms. The van der Waals surface area contributed by atoms with Gasteiger partial charge in [0, 0.05) is 10.6 Å². The van der Waals surface area contributed by atoms with E-state index in [4.69, 9.17) is 17.3 Å². The second kappa shape index (κ2) is 6.32. The van der Waals surface area contributed by atoms with E-state index >= 15 is 0 Å². The zero-order valence-corrected chi connectivity index (χ0v) is 13.2. The second-order valence-corrected chi connectivity index (χ2v) is 6.61. The van der Waals surface area contributed by atoms with Gasteiger partial charge in [-0.15, -0.1) is 0 Å². The molecule has 116 valence electrons. The van der Waals surface area contributed by atoms with Gasteiger partial charge in [0.2, 0.25) is 5.91 Å². The Morgan fingerprint density at radius 2 is 2.24 bits per heavy atom. The van der Waals surface area contributed by atoms with Crippen LogP contribution in [0.1, 0.15) is 51.1 Å². The fourth-order valence-corrected chi connectivity index (χ4v) is 3.36. The van der Waals surface area contributed by atoms with E-state index in [-0.39, 0.29) is 23.7 Å². The summed E-state index contributed by atoms with van der Waals surface area (Å²) in [6, 6.07) is 3.93. The van der Waals surface area contributed by atoms with Gasteiger partial charge in [-0.3, -0.25) is 4.79 Å². The highest BCUT2D eigenvalue weighted by molar-refractivity contribution is 6.31. The molecule has 1 aliphatic carbocycles. The molecule has 3 nitrogen and oxygen atoms in total. The average molecular weight is 313 g/mol. The highest BCUT2D eigenvalue weighted by Gasteiger charge is 2.38. The molecule has 0 heterocycles. The first-order valence-corrected chi connectivity index (χ1v) is 7.73. The molecule has 0 aromatic heterocycles. The lowest BCUT2D eigenvalue weighted by Crippen LogP contribution is -2.53. The van der Waals surface area contributed by atoms with Crippen molar-refractivity contribution in [3.05, 3.63) is 34.6 Å². The molecule has 0 radical (unpaired) electrons. The van der Waals surface area contributed by atoms with E-state index in [0.717, 1.165) is 25.7 Å². The lowest BCUT2D eigenvalue weighted by Gasteiger charge is -2.37. The minimum absolute atomic E-state index is 0.0485. The number of nitrogens with two attached hydrogens (primary N) is 1. The van der Waals surface area contributed by atoms with Gasteiger partial charge < -0.3 is 11.1 Å². The summed E-state index contributed by atoms with van der Waals surface area (Å²) in [7, 11) is 0. The molecular formula is C16H22ClFN2O. The van der Waals surface area contributed by atoms with Crippen LogP contribution in [0.2, 0.25) is 5.02 Å². The number of hydrogen-bond donors (Lipinski definition) is 2. The van der Waals surface area contributed by atoms with Crippen molar-refractivity contribution in [1.29, 1.82) is 0 Å². The van der Waals surface area contributed by atoms with Gasteiger partial charge in [0.15, 0.2) is 0 Å². The zero-order chi connectivity index (χ0) is 15.6. The van der Waals surface area contributed by atoms with Crippen molar-refractivity contribution in [2.24, 2.45) is 11.7 Å². The first-order chi connectivity index (χ1) is 9.81. The SMILES string of the molecule is CC(NC(=O)C1CCCCC1(C)N)c1ccc(F)cc1Cl. The van der Waals surface area contributed by atoms with Crippen molar-refractivity contribution in [3.63, 3.8) is 0 Å². The second-order valence-electron chi connectivity index (χ2n) is 6.20. The molecule has 0 aliphatic heterocycles.